The zero-order valence-electron chi connectivity index (χ0n) is 17.3. The average molecular weight is 477 g/mol. The molecule has 0 N–H and O–H groups in total. The van der Waals surface area contributed by atoms with E-state index >= 15 is 0 Å². The first-order valence-electron chi connectivity index (χ1n) is 10.9. The third kappa shape index (κ3) is 4.70. The molecule has 30 heavy (non-hydrogen) atoms. The minimum atomic E-state index is -0.592. The summed E-state index contributed by atoms with van der Waals surface area (Å²) in [6.45, 7) is 5.25. The second-order valence-corrected chi connectivity index (χ2v) is 9.27. The highest BCUT2D eigenvalue weighted by molar-refractivity contribution is 9.10. The van der Waals surface area contributed by atoms with Crippen LogP contribution in [0.15, 0.2) is 28.7 Å². The van der Waals surface area contributed by atoms with Gasteiger partial charge >= 0.3 is 0 Å². The monoisotopic (exact) mass is 476 g/mol. The molecule has 3 aliphatic rings. The van der Waals surface area contributed by atoms with Crippen LogP contribution in [-0.4, -0.2) is 84.8 Å². The minimum absolute atomic E-state index is 0.0699. The van der Waals surface area contributed by atoms with Crippen molar-refractivity contribution in [3.05, 3.63) is 28.7 Å². The van der Waals surface area contributed by atoms with Gasteiger partial charge in [-0.15, -0.1) is 0 Å². The van der Waals surface area contributed by atoms with Crippen LogP contribution in [0, 0.1) is 5.92 Å². The van der Waals surface area contributed by atoms with E-state index in [9.17, 15) is 14.4 Å². The van der Waals surface area contributed by atoms with Gasteiger partial charge in [-0.2, -0.15) is 0 Å². The number of hydrogen-bond acceptors (Lipinski definition) is 4. The highest BCUT2D eigenvalue weighted by atomic mass is 79.9. The molecule has 1 aromatic rings. The Kier molecular flexibility index (Phi) is 6.73. The number of nitrogens with zero attached hydrogens (tertiary/aromatic N) is 4. The number of piperidine rings is 1. The Morgan fingerprint density at radius 2 is 1.67 bits per heavy atom. The van der Waals surface area contributed by atoms with E-state index in [-0.39, 0.29) is 17.7 Å². The maximum Gasteiger partial charge on any atom is 0.239 e. The van der Waals surface area contributed by atoms with Crippen LogP contribution in [0.5, 0.6) is 0 Å². The fourth-order valence-electron chi connectivity index (χ4n) is 4.59. The van der Waals surface area contributed by atoms with Crippen LogP contribution in [0.3, 0.4) is 0 Å². The molecule has 162 valence electrons. The molecule has 1 aromatic carbocycles. The van der Waals surface area contributed by atoms with Crippen molar-refractivity contribution in [3.8, 4) is 0 Å². The van der Waals surface area contributed by atoms with Crippen LogP contribution >= 0.6 is 15.9 Å². The van der Waals surface area contributed by atoms with Gasteiger partial charge < -0.3 is 14.7 Å². The molecule has 1 unspecified atom stereocenters. The van der Waals surface area contributed by atoms with E-state index in [1.807, 2.05) is 29.2 Å². The number of piperazine rings is 1. The predicted molar refractivity (Wildman–Crippen MR) is 118 cm³/mol. The topological polar surface area (TPSA) is 64.2 Å². The third-order valence-corrected chi connectivity index (χ3v) is 6.87. The van der Waals surface area contributed by atoms with E-state index in [0.717, 1.165) is 36.1 Å². The molecule has 0 saturated carbocycles. The maximum absolute atomic E-state index is 13.0. The van der Waals surface area contributed by atoms with Crippen molar-refractivity contribution in [2.45, 2.75) is 25.7 Å². The lowest BCUT2D eigenvalue weighted by atomic mass is 10.1. The van der Waals surface area contributed by atoms with Crippen LogP contribution in [0.1, 0.15) is 25.7 Å². The molecule has 3 fully saturated rings. The standard InChI is InChI=1S/C22H29BrN4O3/c23-17-5-4-6-18(15-17)27-10-7-19(22(27)30)21(29)26-13-11-24(12-14-26)16-20(28)25-8-2-1-3-9-25/h4-6,15,19H,1-3,7-14,16H2. The van der Waals surface area contributed by atoms with Crippen molar-refractivity contribution in [2.75, 3.05) is 57.3 Å². The highest BCUT2D eigenvalue weighted by Crippen LogP contribution is 2.28. The zero-order chi connectivity index (χ0) is 21.1. The smallest absolute Gasteiger partial charge is 0.239 e. The number of benzene rings is 1. The van der Waals surface area contributed by atoms with Crippen LogP contribution in [0.4, 0.5) is 5.69 Å². The summed E-state index contributed by atoms with van der Waals surface area (Å²) in [6.07, 6.45) is 3.96. The van der Waals surface area contributed by atoms with Crippen LogP contribution < -0.4 is 4.90 Å². The molecule has 0 radical (unpaired) electrons. The summed E-state index contributed by atoms with van der Waals surface area (Å²) in [5, 5.41) is 0. The van der Waals surface area contributed by atoms with Crippen LogP contribution in [-0.2, 0) is 14.4 Å². The predicted octanol–water partition coefficient (Wildman–Crippen LogP) is 1.96. The summed E-state index contributed by atoms with van der Waals surface area (Å²) >= 11 is 3.44. The number of likely N-dealkylation sites (tertiary alicyclic amines) is 1. The molecule has 7 nitrogen and oxygen atoms in total. The van der Waals surface area contributed by atoms with Crippen LogP contribution in [0.2, 0.25) is 0 Å². The van der Waals surface area contributed by atoms with Gasteiger partial charge in [-0.1, -0.05) is 22.0 Å². The summed E-state index contributed by atoms with van der Waals surface area (Å²) in [5.74, 6) is -0.573. The number of carbonyl (C=O) groups excluding carboxylic acids is 3. The molecule has 3 amide bonds. The van der Waals surface area contributed by atoms with Crippen LogP contribution in [0.25, 0.3) is 0 Å². The van der Waals surface area contributed by atoms with Gasteiger partial charge in [0.15, 0.2) is 0 Å². The second-order valence-electron chi connectivity index (χ2n) is 8.35. The molecular formula is C22H29BrN4O3. The molecule has 0 spiro atoms. The zero-order valence-corrected chi connectivity index (χ0v) is 18.8. The molecule has 0 bridgehead atoms. The van der Waals surface area contributed by atoms with Crippen molar-refractivity contribution in [2.24, 2.45) is 5.92 Å². The average Bonchev–Trinajstić information content (AvgIpc) is 3.15. The molecule has 3 heterocycles. The Bertz CT molecular complexity index is 803. The van der Waals surface area contributed by atoms with Gasteiger partial charge in [-0.25, -0.2) is 0 Å². The summed E-state index contributed by atoms with van der Waals surface area (Å²) in [5.41, 5.74) is 0.825. The van der Waals surface area contributed by atoms with E-state index < -0.39 is 5.92 Å². The van der Waals surface area contributed by atoms with Gasteiger partial charge in [0.1, 0.15) is 5.92 Å². The molecule has 3 saturated heterocycles. The third-order valence-electron chi connectivity index (χ3n) is 6.38. The maximum atomic E-state index is 13.0. The van der Waals surface area contributed by atoms with E-state index in [1.165, 1.54) is 6.42 Å². The Hall–Kier alpha value is -1.93. The lowest BCUT2D eigenvalue weighted by Crippen LogP contribution is -2.53. The first-order valence-corrected chi connectivity index (χ1v) is 11.7. The number of rotatable bonds is 4. The van der Waals surface area contributed by atoms with Gasteiger partial charge in [0.25, 0.3) is 0 Å². The molecule has 0 aromatic heterocycles. The van der Waals surface area contributed by atoms with Gasteiger partial charge in [-0.3, -0.25) is 19.3 Å². The lowest BCUT2D eigenvalue weighted by Gasteiger charge is -2.36. The number of anilines is 1. The number of carbonyl (C=O) groups is 3. The van der Waals surface area contributed by atoms with Crippen molar-refractivity contribution in [1.29, 1.82) is 0 Å². The summed E-state index contributed by atoms with van der Waals surface area (Å²) in [6, 6.07) is 7.62. The van der Waals surface area contributed by atoms with E-state index in [1.54, 1.807) is 9.80 Å². The number of halogens is 1. The Balaban J connectivity index is 1.28. The largest absolute Gasteiger partial charge is 0.342 e. The quantitative estimate of drug-likeness (QED) is 0.623. The second kappa shape index (κ2) is 9.47. The van der Waals surface area contributed by atoms with Gasteiger partial charge in [0.2, 0.25) is 17.7 Å². The molecule has 3 aliphatic heterocycles. The van der Waals surface area contributed by atoms with Gasteiger partial charge in [0, 0.05) is 56.0 Å². The van der Waals surface area contributed by atoms with Crippen molar-refractivity contribution in [1.82, 2.24) is 14.7 Å². The van der Waals surface area contributed by atoms with E-state index in [0.29, 0.717) is 45.7 Å². The first kappa shape index (κ1) is 21.3. The molecule has 8 heteroatoms. The summed E-state index contributed by atoms with van der Waals surface area (Å²) in [4.78, 5) is 46.0. The molecular weight excluding hydrogens is 448 g/mol. The summed E-state index contributed by atoms with van der Waals surface area (Å²) < 4.78 is 0.915. The molecule has 1 atom stereocenters. The molecule has 0 aliphatic carbocycles. The normalized spacial score (nSPS) is 23.2. The molecule has 4 rings (SSSR count). The Morgan fingerprint density at radius 3 is 2.37 bits per heavy atom. The highest BCUT2D eigenvalue weighted by Gasteiger charge is 2.40. The fourth-order valence-corrected chi connectivity index (χ4v) is 4.98. The lowest BCUT2D eigenvalue weighted by molar-refractivity contribution is -0.141. The number of amides is 3. The van der Waals surface area contributed by atoms with E-state index in [2.05, 4.69) is 20.8 Å². The Morgan fingerprint density at radius 1 is 0.933 bits per heavy atom. The van der Waals surface area contributed by atoms with Gasteiger partial charge in [-0.05, 0) is 43.9 Å². The summed E-state index contributed by atoms with van der Waals surface area (Å²) in [7, 11) is 0. The van der Waals surface area contributed by atoms with Crippen molar-refractivity contribution >= 4 is 39.3 Å². The van der Waals surface area contributed by atoms with E-state index in [4.69, 9.17) is 0 Å². The SMILES string of the molecule is O=C(CN1CCN(C(=O)C2CCN(c3cccc(Br)c3)C2=O)CC1)N1CCCCC1. The van der Waals surface area contributed by atoms with Crippen molar-refractivity contribution < 1.29 is 14.4 Å². The number of hydrogen-bond donors (Lipinski definition) is 0. The Labute approximate surface area is 186 Å². The fraction of sp³-hybridized carbons (Fsp3) is 0.591. The van der Waals surface area contributed by atoms with Crippen molar-refractivity contribution in [3.63, 3.8) is 0 Å². The van der Waals surface area contributed by atoms with Gasteiger partial charge in [0.05, 0.1) is 6.54 Å². The minimum Gasteiger partial charge on any atom is -0.342 e. The first-order chi connectivity index (χ1) is 14.5.